The van der Waals surface area contributed by atoms with Crippen LogP contribution in [0.25, 0.3) is 38.8 Å². The Hall–Kier alpha value is -5.81. The van der Waals surface area contributed by atoms with Crippen molar-refractivity contribution >= 4 is 33.2 Å². The van der Waals surface area contributed by atoms with Crippen LogP contribution in [0, 0.1) is 5.41 Å². The van der Waals surface area contributed by atoms with Crippen molar-refractivity contribution in [1.82, 2.24) is 9.55 Å². The van der Waals surface area contributed by atoms with Gasteiger partial charge in [0.05, 0.1) is 17.7 Å². The molecule has 55 heavy (non-hydrogen) atoms. The van der Waals surface area contributed by atoms with Gasteiger partial charge in [0, 0.05) is 57.8 Å². The molecule has 7 aromatic rings. The number of rotatable bonds is 6. The highest BCUT2D eigenvalue weighted by Crippen LogP contribution is 2.42. The number of benzene rings is 5. The van der Waals surface area contributed by atoms with E-state index < -0.39 is 0 Å². The van der Waals surface area contributed by atoms with E-state index in [1.165, 1.54) is 44.4 Å². The van der Waals surface area contributed by atoms with Crippen LogP contribution in [-0.2, 0) is 10.8 Å². The fourth-order valence-corrected chi connectivity index (χ4v) is 7.59. The van der Waals surface area contributed by atoms with Gasteiger partial charge >= 0.3 is 0 Å². The lowest BCUT2D eigenvalue weighted by Gasteiger charge is -2.31. The van der Waals surface area contributed by atoms with E-state index in [4.69, 9.17) is 9.72 Å². The maximum atomic E-state index is 6.71. The van der Waals surface area contributed by atoms with Crippen molar-refractivity contribution in [2.45, 2.75) is 73.1 Å². The molecular weight excluding hydrogens is 673 g/mol. The molecule has 1 aliphatic rings. The molecule has 5 aromatic carbocycles. The number of anilines is 2. The molecule has 8 rings (SSSR count). The van der Waals surface area contributed by atoms with E-state index in [2.05, 4.69) is 204 Å². The summed E-state index contributed by atoms with van der Waals surface area (Å²) in [5.74, 6) is 2.48. The molecule has 0 radical (unpaired) electrons. The first-order valence-corrected chi connectivity index (χ1v) is 19.4. The van der Waals surface area contributed by atoms with Gasteiger partial charge in [-0.3, -0.25) is 4.57 Å². The third-order valence-electron chi connectivity index (χ3n) is 10.7. The molecule has 2 aromatic heterocycles. The number of pyridine rings is 1. The molecule has 0 saturated heterocycles. The molecule has 0 bridgehead atoms. The van der Waals surface area contributed by atoms with Gasteiger partial charge in [0.15, 0.2) is 0 Å². The molecular formula is C50H52N4O. The smallest absolute Gasteiger partial charge is 0.137 e. The van der Waals surface area contributed by atoms with Gasteiger partial charge in [-0.1, -0.05) is 123 Å². The van der Waals surface area contributed by atoms with Gasteiger partial charge in [-0.2, -0.15) is 0 Å². The van der Waals surface area contributed by atoms with Crippen molar-refractivity contribution in [1.29, 1.82) is 0 Å². The molecule has 0 saturated carbocycles. The summed E-state index contributed by atoms with van der Waals surface area (Å²) in [4.78, 5) is 9.68. The Balaban J connectivity index is 1.14. The number of hydrogen-bond donors (Lipinski definition) is 0. The van der Waals surface area contributed by atoms with Crippen LogP contribution in [0.5, 0.6) is 11.5 Å². The Kier molecular flexibility index (Phi) is 8.87. The fourth-order valence-electron chi connectivity index (χ4n) is 7.59. The quantitative estimate of drug-likeness (QED) is 0.171. The Morgan fingerprint density at radius 3 is 1.98 bits per heavy atom. The normalized spacial score (nSPS) is 13.9. The number of fused-ring (bicyclic) bond motifs is 3. The number of aromatic nitrogens is 2. The highest BCUT2D eigenvalue weighted by atomic mass is 16.5. The summed E-state index contributed by atoms with van der Waals surface area (Å²) in [7, 11) is 0. The topological polar surface area (TPSA) is 33.5 Å². The first-order valence-electron chi connectivity index (χ1n) is 19.4. The lowest BCUT2D eigenvalue weighted by Crippen LogP contribution is -2.30. The lowest BCUT2D eigenvalue weighted by molar-refractivity contribution is 0.481. The van der Waals surface area contributed by atoms with E-state index in [-0.39, 0.29) is 16.2 Å². The van der Waals surface area contributed by atoms with Crippen LogP contribution < -0.4 is 14.5 Å². The average Bonchev–Trinajstić information content (AvgIpc) is 3.75. The number of para-hydroxylation sites is 1. The molecule has 278 valence electrons. The Bertz CT molecular complexity index is 2560. The van der Waals surface area contributed by atoms with Crippen molar-refractivity contribution in [3.63, 3.8) is 0 Å². The second kappa shape index (κ2) is 13.5. The zero-order chi connectivity index (χ0) is 38.7. The van der Waals surface area contributed by atoms with Gasteiger partial charge in [0.2, 0.25) is 0 Å². The van der Waals surface area contributed by atoms with E-state index in [1.54, 1.807) is 0 Å². The number of allylic oxidation sites excluding steroid dienone is 1. The minimum Gasteiger partial charge on any atom is -0.457 e. The molecule has 0 amide bonds. The number of ether oxygens (including phenoxy) is 1. The van der Waals surface area contributed by atoms with E-state index in [0.717, 1.165) is 34.0 Å². The van der Waals surface area contributed by atoms with Gasteiger partial charge in [-0.25, -0.2) is 4.98 Å². The van der Waals surface area contributed by atoms with Crippen molar-refractivity contribution in [3.8, 4) is 28.4 Å². The van der Waals surface area contributed by atoms with Gasteiger partial charge in [0.25, 0.3) is 0 Å². The van der Waals surface area contributed by atoms with Crippen LogP contribution in [0.1, 0.15) is 73.4 Å². The van der Waals surface area contributed by atoms with Crippen molar-refractivity contribution in [2.24, 2.45) is 5.41 Å². The van der Waals surface area contributed by atoms with Crippen molar-refractivity contribution in [2.75, 3.05) is 16.5 Å². The highest BCUT2D eigenvalue weighted by molar-refractivity contribution is 6.09. The molecule has 0 spiro atoms. The maximum absolute atomic E-state index is 6.71. The molecule has 3 heterocycles. The molecule has 0 unspecified atom stereocenters. The standard InChI is InChI=1S/C50H52N4O/c1-48(2,3)36-24-25-51-47(29-36)54-44-21-14-13-20-42(44)43-23-22-41(31-45(43)54)55-40-19-15-18-38(30-40)53-33-52(32-46(53)50(7,8)9)39-27-35(34-16-11-10-12-17-34)26-37(28-39)49(4,5)6/h10-32H,33H2,1-9H3. The van der Waals surface area contributed by atoms with Crippen molar-refractivity contribution < 1.29 is 4.74 Å². The fraction of sp³-hybridized carbons (Fsp3) is 0.260. The van der Waals surface area contributed by atoms with Gasteiger partial charge in [0.1, 0.15) is 17.3 Å². The molecule has 0 N–H and O–H groups in total. The van der Waals surface area contributed by atoms with Crippen LogP contribution in [0.2, 0.25) is 0 Å². The Morgan fingerprint density at radius 1 is 0.527 bits per heavy atom. The summed E-state index contributed by atoms with van der Waals surface area (Å²) >= 11 is 0. The Labute approximate surface area is 326 Å². The first-order chi connectivity index (χ1) is 26.1. The van der Waals surface area contributed by atoms with Crippen LogP contribution in [0.3, 0.4) is 0 Å². The second-order valence-corrected chi connectivity index (χ2v) is 18.0. The summed E-state index contributed by atoms with van der Waals surface area (Å²) in [6, 6.07) is 45.5. The maximum Gasteiger partial charge on any atom is 0.137 e. The summed E-state index contributed by atoms with van der Waals surface area (Å²) in [6.45, 7) is 21.2. The molecule has 0 fully saturated rings. The van der Waals surface area contributed by atoms with E-state index in [9.17, 15) is 0 Å². The highest BCUT2D eigenvalue weighted by Gasteiger charge is 2.32. The Morgan fingerprint density at radius 2 is 1.24 bits per heavy atom. The summed E-state index contributed by atoms with van der Waals surface area (Å²) in [5, 5.41) is 2.36. The van der Waals surface area contributed by atoms with Crippen LogP contribution in [0.15, 0.2) is 145 Å². The third-order valence-corrected chi connectivity index (χ3v) is 10.7. The van der Waals surface area contributed by atoms with Gasteiger partial charge in [-0.15, -0.1) is 0 Å². The van der Waals surface area contributed by atoms with E-state index >= 15 is 0 Å². The predicted octanol–water partition coefficient (Wildman–Crippen LogP) is 13.4. The van der Waals surface area contributed by atoms with Gasteiger partial charge in [-0.05, 0) is 87.7 Å². The molecule has 5 nitrogen and oxygen atoms in total. The predicted molar refractivity (Wildman–Crippen MR) is 232 cm³/mol. The number of hydrogen-bond acceptors (Lipinski definition) is 4. The second-order valence-electron chi connectivity index (χ2n) is 18.0. The summed E-state index contributed by atoms with van der Waals surface area (Å²) in [6.07, 6.45) is 4.26. The summed E-state index contributed by atoms with van der Waals surface area (Å²) in [5.41, 5.74) is 10.7. The molecule has 5 heteroatoms. The average molecular weight is 725 g/mol. The van der Waals surface area contributed by atoms with Crippen LogP contribution in [0.4, 0.5) is 11.4 Å². The first kappa shape index (κ1) is 36.2. The van der Waals surface area contributed by atoms with Crippen molar-refractivity contribution in [3.05, 3.63) is 157 Å². The SMILES string of the molecule is CC(C)(C)C1=CN(c2cc(-c3ccccc3)cc(C(C)(C)C)c2)CN1c1cccc(Oc2ccc3c4ccccc4n(-c4cc(C(C)(C)C)ccn4)c3c2)c1. The molecule has 1 aliphatic heterocycles. The van der Waals surface area contributed by atoms with E-state index in [0.29, 0.717) is 6.67 Å². The minimum atomic E-state index is -0.0910. The van der Waals surface area contributed by atoms with Gasteiger partial charge < -0.3 is 14.5 Å². The third kappa shape index (κ3) is 7.12. The lowest BCUT2D eigenvalue weighted by atomic mass is 9.85. The van der Waals surface area contributed by atoms with Crippen LogP contribution in [-0.4, -0.2) is 16.2 Å². The number of nitrogens with zero attached hydrogens (tertiary/aromatic N) is 4. The summed E-state index contributed by atoms with van der Waals surface area (Å²) < 4.78 is 8.97. The zero-order valence-electron chi connectivity index (χ0n) is 33.7. The van der Waals surface area contributed by atoms with Crippen LogP contribution >= 0.6 is 0 Å². The molecule has 0 atom stereocenters. The van der Waals surface area contributed by atoms with E-state index in [1.807, 2.05) is 12.3 Å². The monoisotopic (exact) mass is 724 g/mol. The zero-order valence-corrected chi connectivity index (χ0v) is 33.7. The molecule has 0 aliphatic carbocycles. The minimum absolute atomic E-state index is 0.00550. The largest absolute Gasteiger partial charge is 0.457 e.